The number of thiocarbonyl (C=S) groups is 1. The van der Waals surface area contributed by atoms with E-state index in [1.165, 1.54) is 0 Å². The van der Waals surface area contributed by atoms with Crippen LogP contribution in [0.5, 0.6) is 0 Å². The molecule has 21 heavy (non-hydrogen) atoms. The van der Waals surface area contributed by atoms with Gasteiger partial charge in [0.1, 0.15) is 4.99 Å². The van der Waals surface area contributed by atoms with Crippen molar-refractivity contribution in [3.05, 3.63) is 35.4 Å². The van der Waals surface area contributed by atoms with E-state index in [4.69, 9.17) is 18.0 Å². The van der Waals surface area contributed by atoms with Gasteiger partial charge in [0.15, 0.2) is 0 Å². The van der Waals surface area contributed by atoms with Crippen molar-refractivity contribution < 1.29 is 9.90 Å². The standard InChI is InChI=1S/C15H23N3O2S/c1-3-8-17-14(20)10-18(2)9-13(19)11-4-6-12(7-5-11)15(16)21/h4-7,13,19H,3,8-10H2,1-2H3,(H2,16,21)(H,17,20). The number of amides is 1. The third-order valence-corrected chi connectivity index (χ3v) is 3.29. The Morgan fingerprint density at radius 2 is 2.05 bits per heavy atom. The first-order valence-corrected chi connectivity index (χ1v) is 7.38. The summed E-state index contributed by atoms with van der Waals surface area (Å²) in [7, 11) is 1.80. The SMILES string of the molecule is CCCNC(=O)CN(C)CC(O)c1ccc(C(N)=S)cc1. The minimum Gasteiger partial charge on any atom is -0.389 e. The molecule has 0 spiro atoms. The normalized spacial score (nSPS) is 12.2. The van der Waals surface area contributed by atoms with Crippen molar-refractivity contribution >= 4 is 23.1 Å². The van der Waals surface area contributed by atoms with Gasteiger partial charge in [0.25, 0.3) is 0 Å². The van der Waals surface area contributed by atoms with Crippen molar-refractivity contribution in [2.45, 2.75) is 19.4 Å². The van der Waals surface area contributed by atoms with Gasteiger partial charge in [-0.1, -0.05) is 43.4 Å². The Kier molecular flexibility index (Phi) is 7.28. The second-order valence-corrected chi connectivity index (χ2v) is 5.49. The fraction of sp³-hybridized carbons (Fsp3) is 0.467. The maximum Gasteiger partial charge on any atom is 0.234 e. The monoisotopic (exact) mass is 309 g/mol. The number of aliphatic hydroxyl groups excluding tert-OH is 1. The predicted octanol–water partition coefficient (Wildman–Crippen LogP) is 0.812. The Morgan fingerprint density at radius 1 is 1.43 bits per heavy atom. The Labute approximate surface area is 131 Å². The second-order valence-electron chi connectivity index (χ2n) is 5.05. The largest absolute Gasteiger partial charge is 0.389 e. The summed E-state index contributed by atoms with van der Waals surface area (Å²) in [6.45, 7) is 3.33. The number of rotatable bonds is 8. The molecule has 116 valence electrons. The lowest BCUT2D eigenvalue weighted by Crippen LogP contribution is -2.37. The van der Waals surface area contributed by atoms with E-state index in [1.54, 1.807) is 36.2 Å². The van der Waals surface area contributed by atoms with Gasteiger partial charge in [0, 0.05) is 18.7 Å². The second kappa shape index (κ2) is 8.71. The first-order chi connectivity index (χ1) is 9.93. The van der Waals surface area contributed by atoms with E-state index in [9.17, 15) is 9.90 Å². The lowest BCUT2D eigenvalue weighted by molar-refractivity contribution is -0.122. The Bertz CT molecular complexity index is 476. The molecule has 0 saturated carbocycles. The van der Waals surface area contributed by atoms with Crippen molar-refractivity contribution in [1.29, 1.82) is 0 Å². The summed E-state index contributed by atoms with van der Waals surface area (Å²) in [4.78, 5) is 13.7. The first kappa shape index (κ1) is 17.6. The predicted molar refractivity (Wildman–Crippen MR) is 88.1 cm³/mol. The molecule has 1 rings (SSSR count). The highest BCUT2D eigenvalue weighted by molar-refractivity contribution is 7.80. The third-order valence-electron chi connectivity index (χ3n) is 3.05. The van der Waals surface area contributed by atoms with Crippen LogP contribution in [0.2, 0.25) is 0 Å². The maximum atomic E-state index is 11.6. The van der Waals surface area contributed by atoms with Gasteiger partial charge in [0.2, 0.25) is 5.91 Å². The van der Waals surface area contributed by atoms with Crippen LogP contribution in [0, 0.1) is 0 Å². The zero-order chi connectivity index (χ0) is 15.8. The molecule has 0 aliphatic heterocycles. The fourth-order valence-corrected chi connectivity index (χ4v) is 2.04. The van der Waals surface area contributed by atoms with Crippen molar-refractivity contribution in [2.24, 2.45) is 5.73 Å². The molecule has 0 bridgehead atoms. The van der Waals surface area contributed by atoms with Gasteiger partial charge < -0.3 is 16.2 Å². The van der Waals surface area contributed by atoms with Gasteiger partial charge >= 0.3 is 0 Å². The molecule has 4 N–H and O–H groups in total. The molecule has 0 aliphatic carbocycles. The smallest absolute Gasteiger partial charge is 0.234 e. The summed E-state index contributed by atoms with van der Waals surface area (Å²) in [5.74, 6) is -0.0321. The molecular formula is C15H23N3O2S. The zero-order valence-corrected chi connectivity index (χ0v) is 13.3. The van der Waals surface area contributed by atoms with Crippen LogP contribution in [0.1, 0.15) is 30.6 Å². The Hall–Kier alpha value is -1.50. The lowest BCUT2D eigenvalue weighted by Gasteiger charge is -2.20. The molecular weight excluding hydrogens is 286 g/mol. The van der Waals surface area contributed by atoms with Gasteiger partial charge in [0.05, 0.1) is 12.6 Å². The van der Waals surface area contributed by atoms with Crippen molar-refractivity contribution in [2.75, 3.05) is 26.7 Å². The number of nitrogens with one attached hydrogen (secondary N) is 1. The van der Waals surface area contributed by atoms with E-state index in [2.05, 4.69) is 5.32 Å². The average molecular weight is 309 g/mol. The highest BCUT2D eigenvalue weighted by atomic mass is 32.1. The summed E-state index contributed by atoms with van der Waals surface area (Å²) < 4.78 is 0. The molecule has 0 aromatic heterocycles. The highest BCUT2D eigenvalue weighted by Crippen LogP contribution is 2.14. The minimum atomic E-state index is -0.658. The van der Waals surface area contributed by atoms with Crippen LogP contribution in [-0.4, -0.2) is 47.6 Å². The molecule has 1 aromatic rings. The number of aliphatic hydroxyl groups is 1. The molecule has 1 aromatic carbocycles. The number of carbonyl (C=O) groups excluding carboxylic acids is 1. The van der Waals surface area contributed by atoms with Crippen LogP contribution >= 0.6 is 12.2 Å². The van der Waals surface area contributed by atoms with Crippen LogP contribution in [0.3, 0.4) is 0 Å². The molecule has 0 saturated heterocycles. The molecule has 1 atom stereocenters. The molecule has 1 amide bonds. The van der Waals surface area contributed by atoms with E-state index in [0.29, 0.717) is 18.1 Å². The first-order valence-electron chi connectivity index (χ1n) is 6.97. The van der Waals surface area contributed by atoms with E-state index in [1.807, 2.05) is 6.92 Å². The summed E-state index contributed by atoms with van der Waals surface area (Å²) in [5.41, 5.74) is 7.08. The minimum absolute atomic E-state index is 0.0321. The van der Waals surface area contributed by atoms with Crippen LogP contribution in [0.4, 0.5) is 0 Å². The van der Waals surface area contributed by atoms with Crippen LogP contribution in [0.25, 0.3) is 0 Å². The highest BCUT2D eigenvalue weighted by Gasteiger charge is 2.13. The number of hydrogen-bond donors (Lipinski definition) is 3. The van der Waals surface area contributed by atoms with Gasteiger partial charge in [-0.25, -0.2) is 0 Å². The quantitative estimate of drug-likeness (QED) is 0.620. The molecule has 0 aliphatic rings. The van der Waals surface area contributed by atoms with E-state index >= 15 is 0 Å². The Balaban J connectivity index is 2.49. The summed E-state index contributed by atoms with van der Waals surface area (Å²) in [5, 5.41) is 13.0. The van der Waals surface area contributed by atoms with Gasteiger partial charge in [-0.3, -0.25) is 9.69 Å². The van der Waals surface area contributed by atoms with E-state index < -0.39 is 6.10 Å². The number of nitrogens with two attached hydrogens (primary N) is 1. The maximum absolute atomic E-state index is 11.6. The lowest BCUT2D eigenvalue weighted by atomic mass is 10.1. The fourth-order valence-electron chi connectivity index (χ4n) is 1.90. The summed E-state index contributed by atoms with van der Waals surface area (Å²) in [6.07, 6.45) is 0.252. The topological polar surface area (TPSA) is 78.6 Å². The number of benzene rings is 1. The van der Waals surface area contributed by atoms with Gasteiger partial charge in [-0.05, 0) is 19.0 Å². The number of likely N-dealkylation sites (N-methyl/N-ethyl adjacent to an activating group) is 1. The molecule has 5 nitrogen and oxygen atoms in total. The van der Waals surface area contributed by atoms with Crippen molar-refractivity contribution in [3.63, 3.8) is 0 Å². The number of hydrogen-bond acceptors (Lipinski definition) is 4. The third kappa shape index (κ3) is 6.20. The number of carbonyl (C=O) groups is 1. The van der Waals surface area contributed by atoms with Crippen molar-refractivity contribution in [1.82, 2.24) is 10.2 Å². The van der Waals surface area contributed by atoms with Gasteiger partial charge in [-0.2, -0.15) is 0 Å². The molecule has 0 heterocycles. The number of nitrogens with zero attached hydrogens (tertiary/aromatic N) is 1. The van der Waals surface area contributed by atoms with Crippen LogP contribution in [0.15, 0.2) is 24.3 Å². The summed E-state index contributed by atoms with van der Waals surface area (Å²) >= 11 is 4.89. The van der Waals surface area contributed by atoms with E-state index in [-0.39, 0.29) is 12.5 Å². The Morgan fingerprint density at radius 3 is 2.57 bits per heavy atom. The molecule has 0 radical (unpaired) electrons. The molecule has 6 heteroatoms. The van der Waals surface area contributed by atoms with Crippen LogP contribution in [-0.2, 0) is 4.79 Å². The molecule has 1 unspecified atom stereocenters. The average Bonchev–Trinajstić information content (AvgIpc) is 2.44. The van der Waals surface area contributed by atoms with Gasteiger partial charge in [-0.15, -0.1) is 0 Å². The van der Waals surface area contributed by atoms with Crippen molar-refractivity contribution in [3.8, 4) is 0 Å². The van der Waals surface area contributed by atoms with Crippen LogP contribution < -0.4 is 11.1 Å². The van der Waals surface area contributed by atoms with E-state index in [0.717, 1.165) is 17.5 Å². The summed E-state index contributed by atoms with van der Waals surface area (Å²) in [6, 6.07) is 7.16. The molecule has 0 fully saturated rings. The zero-order valence-electron chi connectivity index (χ0n) is 12.5.